The molecule has 4 heteroatoms. The van der Waals surface area contributed by atoms with Gasteiger partial charge in [0.2, 0.25) is 0 Å². The number of hydrogen-bond donors (Lipinski definition) is 1. The maximum atomic E-state index is 9.67. The first-order chi connectivity index (χ1) is 8.75. The SMILES string of the molecule is N#C[C@]12CCCC[C@@H]1S[C@@H]1CCCC[C@]1(C#N)[NH2+]2. The van der Waals surface area contributed by atoms with Crippen molar-refractivity contribution in [3.05, 3.63) is 0 Å². The Kier molecular flexibility index (Phi) is 3.04. The van der Waals surface area contributed by atoms with Gasteiger partial charge < -0.3 is 5.32 Å². The number of nitrogens with zero attached hydrogens (tertiary/aromatic N) is 2. The Bertz CT molecular complexity index is 386. The van der Waals surface area contributed by atoms with Crippen molar-refractivity contribution in [3.63, 3.8) is 0 Å². The van der Waals surface area contributed by atoms with Crippen LogP contribution in [0.5, 0.6) is 0 Å². The van der Waals surface area contributed by atoms with Crippen LogP contribution in [0.25, 0.3) is 0 Å². The Hall–Kier alpha value is -0.710. The topological polar surface area (TPSA) is 64.2 Å². The lowest BCUT2D eigenvalue weighted by Gasteiger charge is -2.51. The van der Waals surface area contributed by atoms with Crippen molar-refractivity contribution in [1.82, 2.24) is 0 Å². The summed E-state index contributed by atoms with van der Waals surface area (Å²) in [6.45, 7) is 0. The van der Waals surface area contributed by atoms with Crippen LogP contribution in [0.15, 0.2) is 0 Å². The van der Waals surface area contributed by atoms with E-state index in [0.29, 0.717) is 10.5 Å². The minimum absolute atomic E-state index is 0.313. The number of fused-ring (bicyclic) bond motifs is 2. The summed E-state index contributed by atoms with van der Waals surface area (Å²) in [4.78, 5) is 0. The lowest BCUT2D eigenvalue weighted by atomic mass is 9.75. The molecule has 4 atom stereocenters. The monoisotopic (exact) mass is 262 g/mol. The molecule has 2 saturated carbocycles. The van der Waals surface area contributed by atoms with E-state index >= 15 is 0 Å². The molecule has 1 heterocycles. The maximum absolute atomic E-state index is 9.67. The first kappa shape index (κ1) is 12.3. The third-order valence-electron chi connectivity index (χ3n) is 5.02. The van der Waals surface area contributed by atoms with Gasteiger partial charge in [-0.05, 0) is 25.7 Å². The Balaban J connectivity index is 1.95. The van der Waals surface area contributed by atoms with Crippen LogP contribution in [0.2, 0.25) is 0 Å². The predicted molar refractivity (Wildman–Crippen MR) is 70.7 cm³/mol. The van der Waals surface area contributed by atoms with Crippen molar-refractivity contribution in [2.75, 3.05) is 0 Å². The number of thioether (sulfide) groups is 1. The minimum Gasteiger partial charge on any atom is -0.311 e. The van der Waals surface area contributed by atoms with Crippen molar-refractivity contribution < 1.29 is 5.32 Å². The average molecular weight is 262 g/mol. The Morgan fingerprint density at radius 3 is 1.83 bits per heavy atom. The Morgan fingerprint density at radius 2 is 1.39 bits per heavy atom. The molecule has 1 aliphatic heterocycles. The van der Waals surface area contributed by atoms with Gasteiger partial charge in [0.05, 0.1) is 10.5 Å². The fourth-order valence-corrected chi connectivity index (χ4v) is 5.98. The van der Waals surface area contributed by atoms with E-state index in [1.165, 1.54) is 12.8 Å². The van der Waals surface area contributed by atoms with E-state index in [1.807, 2.05) is 11.8 Å². The van der Waals surface area contributed by atoms with Crippen LogP contribution in [0.3, 0.4) is 0 Å². The van der Waals surface area contributed by atoms with Gasteiger partial charge in [0.1, 0.15) is 12.1 Å². The van der Waals surface area contributed by atoms with Gasteiger partial charge >= 0.3 is 0 Å². The van der Waals surface area contributed by atoms with Gasteiger partial charge in [0, 0.05) is 12.8 Å². The van der Waals surface area contributed by atoms with Crippen LogP contribution < -0.4 is 5.32 Å². The molecule has 18 heavy (non-hydrogen) atoms. The largest absolute Gasteiger partial charge is 0.311 e. The van der Waals surface area contributed by atoms with E-state index < -0.39 is 0 Å². The summed E-state index contributed by atoms with van der Waals surface area (Å²) >= 11 is 1.97. The number of nitriles is 2. The third-order valence-corrected chi connectivity index (χ3v) is 6.99. The van der Waals surface area contributed by atoms with E-state index in [0.717, 1.165) is 38.5 Å². The van der Waals surface area contributed by atoms with Crippen LogP contribution in [0.1, 0.15) is 51.4 Å². The van der Waals surface area contributed by atoms with E-state index in [1.54, 1.807) is 0 Å². The molecule has 3 rings (SSSR count). The molecule has 0 aromatic heterocycles. The summed E-state index contributed by atoms with van der Waals surface area (Å²) < 4.78 is 0. The summed E-state index contributed by atoms with van der Waals surface area (Å²) in [6, 6.07) is 5.17. The second-order valence-corrected chi connectivity index (χ2v) is 7.46. The van der Waals surface area contributed by atoms with Crippen LogP contribution in [-0.4, -0.2) is 21.6 Å². The van der Waals surface area contributed by atoms with Crippen molar-refractivity contribution in [2.24, 2.45) is 0 Å². The number of quaternary nitrogens is 1. The highest BCUT2D eigenvalue weighted by Crippen LogP contribution is 2.46. The molecule has 3 fully saturated rings. The first-order valence-corrected chi connectivity index (χ1v) is 8.04. The van der Waals surface area contributed by atoms with Crippen LogP contribution in [-0.2, 0) is 0 Å². The number of rotatable bonds is 0. The van der Waals surface area contributed by atoms with Gasteiger partial charge in [-0.3, -0.25) is 0 Å². The van der Waals surface area contributed by atoms with Crippen LogP contribution >= 0.6 is 11.8 Å². The number of hydrogen-bond acceptors (Lipinski definition) is 3. The van der Waals surface area contributed by atoms with Gasteiger partial charge in [-0.15, -0.1) is 11.8 Å². The quantitative estimate of drug-likeness (QED) is 0.723. The predicted octanol–water partition coefficient (Wildman–Crippen LogP) is 1.71. The van der Waals surface area contributed by atoms with Crippen LogP contribution in [0, 0.1) is 22.7 Å². The number of nitrogens with two attached hydrogens (primary N) is 1. The normalized spacial score (nSPS) is 47.2. The fraction of sp³-hybridized carbons (Fsp3) is 0.857. The van der Waals surface area contributed by atoms with E-state index in [4.69, 9.17) is 0 Å². The molecule has 2 aliphatic carbocycles. The molecule has 0 radical (unpaired) electrons. The van der Waals surface area contributed by atoms with E-state index in [-0.39, 0.29) is 11.1 Å². The van der Waals surface area contributed by atoms with Gasteiger partial charge in [-0.1, -0.05) is 12.8 Å². The third kappa shape index (κ3) is 1.67. The summed E-state index contributed by atoms with van der Waals surface area (Å²) in [6.07, 6.45) is 9.05. The standard InChI is InChI=1S/C14H19N3S/c15-9-13-7-3-1-5-11(13)18-12-6-2-4-8-14(12,10-16)17-13/h11-12,17H,1-8H2/p+1/t11-,12+,13-,14-/m1/s1. The Morgan fingerprint density at radius 1 is 0.889 bits per heavy atom. The van der Waals surface area contributed by atoms with Crippen molar-refractivity contribution in [2.45, 2.75) is 72.9 Å². The summed E-state index contributed by atoms with van der Waals surface area (Å²) in [5.74, 6) is 0. The molecule has 0 bridgehead atoms. The summed E-state index contributed by atoms with van der Waals surface area (Å²) in [7, 11) is 0. The molecular formula is C14H20N3S+. The molecule has 2 N–H and O–H groups in total. The summed E-state index contributed by atoms with van der Waals surface area (Å²) in [5, 5.41) is 22.4. The van der Waals surface area contributed by atoms with Crippen molar-refractivity contribution >= 4 is 11.8 Å². The zero-order chi connectivity index (χ0) is 12.6. The smallest absolute Gasteiger partial charge is 0.196 e. The maximum Gasteiger partial charge on any atom is 0.196 e. The lowest BCUT2D eigenvalue weighted by Crippen LogP contribution is -3.11. The highest BCUT2D eigenvalue weighted by atomic mass is 32.2. The van der Waals surface area contributed by atoms with Gasteiger partial charge in [0.15, 0.2) is 11.1 Å². The molecule has 0 aromatic rings. The molecule has 0 unspecified atom stereocenters. The average Bonchev–Trinajstić information content (AvgIpc) is 2.44. The molecule has 0 spiro atoms. The first-order valence-electron chi connectivity index (χ1n) is 7.10. The van der Waals surface area contributed by atoms with E-state index in [9.17, 15) is 10.5 Å². The second-order valence-electron chi connectivity index (χ2n) is 6.05. The van der Waals surface area contributed by atoms with Gasteiger partial charge in [0.25, 0.3) is 0 Å². The molecular weight excluding hydrogens is 242 g/mol. The zero-order valence-electron chi connectivity index (χ0n) is 10.7. The Labute approximate surface area is 113 Å². The second kappa shape index (κ2) is 4.44. The van der Waals surface area contributed by atoms with Gasteiger partial charge in [-0.25, -0.2) is 0 Å². The molecule has 0 aromatic carbocycles. The lowest BCUT2D eigenvalue weighted by molar-refractivity contribution is -0.771. The molecule has 96 valence electrons. The molecule has 1 saturated heterocycles. The van der Waals surface area contributed by atoms with E-state index in [2.05, 4.69) is 17.5 Å². The van der Waals surface area contributed by atoms with Crippen molar-refractivity contribution in [3.8, 4) is 12.1 Å². The molecule has 0 amide bonds. The zero-order valence-corrected chi connectivity index (χ0v) is 11.5. The molecule has 3 nitrogen and oxygen atoms in total. The van der Waals surface area contributed by atoms with Crippen LogP contribution in [0.4, 0.5) is 0 Å². The fourth-order valence-electron chi connectivity index (χ4n) is 4.02. The highest BCUT2D eigenvalue weighted by molar-refractivity contribution is 8.00. The summed E-state index contributed by atoms with van der Waals surface area (Å²) in [5.41, 5.74) is -0.626. The highest BCUT2D eigenvalue weighted by Gasteiger charge is 2.60. The minimum atomic E-state index is -0.313. The molecule has 3 aliphatic rings. The van der Waals surface area contributed by atoms with Gasteiger partial charge in [-0.2, -0.15) is 10.5 Å². The van der Waals surface area contributed by atoms with Crippen molar-refractivity contribution in [1.29, 1.82) is 10.5 Å².